The van der Waals surface area contributed by atoms with Crippen LogP contribution in [0.25, 0.3) is 11.3 Å². The van der Waals surface area contributed by atoms with Crippen molar-refractivity contribution in [1.82, 2.24) is 4.98 Å². The molecule has 0 saturated carbocycles. The second-order valence-corrected chi connectivity index (χ2v) is 3.67. The number of hydrogen-bond acceptors (Lipinski definition) is 2. The molecule has 1 heterocycles. The Kier molecular flexibility index (Phi) is 2.42. The maximum absolute atomic E-state index is 9.44. The molecular formula is C13H13NO. The monoisotopic (exact) mass is 199 g/mol. The lowest BCUT2D eigenvalue weighted by molar-refractivity contribution is 0.471. The Bertz CT molecular complexity index is 492. The first-order valence-electron chi connectivity index (χ1n) is 4.90. The largest absolute Gasteiger partial charge is 0.508 e. The van der Waals surface area contributed by atoms with E-state index in [1.807, 2.05) is 38.1 Å². The highest BCUT2D eigenvalue weighted by atomic mass is 16.3. The van der Waals surface area contributed by atoms with Gasteiger partial charge in [0.25, 0.3) is 0 Å². The van der Waals surface area contributed by atoms with Gasteiger partial charge < -0.3 is 5.11 Å². The third-order valence-electron chi connectivity index (χ3n) is 2.48. The van der Waals surface area contributed by atoms with Gasteiger partial charge in [-0.25, -0.2) is 0 Å². The van der Waals surface area contributed by atoms with Crippen molar-refractivity contribution in [2.45, 2.75) is 13.8 Å². The summed E-state index contributed by atoms with van der Waals surface area (Å²) in [4.78, 5) is 4.34. The zero-order chi connectivity index (χ0) is 10.8. The van der Waals surface area contributed by atoms with Gasteiger partial charge in [-0.3, -0.25) is 4.98 Å². The number of phenolic OH excluding ortho intramolecular Hbond substituents is 1. The number of benzene rings is 1. The Hall–Kier alpha value is -1.83. The molecule has 0 unspecified atom stereocenters. The van der Waals surface area contributed by atoms with Gasteiger partial charge in [-0.2, -0.15) is 0 Å². The van der Waals surface area contributed by atoms with Crippen LogP contribution in [0.1, 0.15) is 11.1 Å². The summed E-state index contributed by atoms with van der Waals surface area (Å²) in [7, 11) is 0. The number of aryl methyl sites for hydroxylation is 2. The Morgan fingerprint density at radius 2 is 1.87 bits per heavy atom. The molecular weight excluding hydrogens is 186 g/mol. The molecule has 0 spiro atoms. The van der Waals surface area contributed by atoms with Gasteiger partial charge in [0, 0.05) is 11.8 Å². The summed E-state index contributed by atoms with van der Waals surface area (Å²) in [6.07, 6.45) is 1.78. The SMILES string of the molecule is Cc1cc(-c2ncccc2C)ccc1O. The van der Waals surface area contributed by atoms with Crippen LogP contribution in [0.2, 0.25) is 0 Å². The van der Waals surface area contributed by atoms with Crippen LogP contribution in [0.4, 0.5) is 0 Å². The van der Waals surface area contributed by atoms with Gasteiger partial charge in [0.1, 0.15) is 5.75 Å². The normalized spacial score (nSPS) is 10.3. The van der Waals surface area contributed by atoms with E-state index in [9.17, 15) is 5.11 Å². The molecule has 2 rings (SSSR count). The smallest absolute Gasteiger partial charge is 0.118 e. The highest BCUT2D eigenvalue weighted by Gasteiger charge is 2.04. The van der Waals surface area contributed by atoms with Crippen LogP contribution in [0.5, 0.6) is 5.75 Å². The van der Waals surface area contributed by atoms with Gasteiger partial charge in [0.2, 0.25) is 0 Å². The zero-order valence-corrected chi connectivity index (χ0v) is 8.86. The molecule has 1 aromatic heterocycles. The van der Waals surface area contributed by atoms with Crippen molar-refractivity contribution in [3.05, 3.63) is 47.7 Å². The molecule has 0 radical (unpaired) electrons. The molecule has 2 heteroatoms. The fraction of sp³-hybridized carbons (Fsp3) is 0.154. The standard InChI is InChI=1S/C13H13NO/c1-9-4-3-7-14-13(9)11-5-6-12(15)10(2)8-11/h3-8,15H,1-2H3. The van der Waals surface area contributed by atoms with Gasteiger partial charge in [-0.05, 0) is 49.2 Å². The Morgan fingerprint density at radius 3 is 2.53 bits per heavy atom. The number of aromatic nitrogens is 1. The van der Waals surface area contributed by atoms with E-state index in [-0.39, 0.29) is 0 Å². The minimum Gasteiger partial charge on any atom is -0.508 e. The van der Waals surface area contributed by atoms with E-state index in [1.165, 1.54) is 0 Å². The molecule has 76 valence electrons. The predicted octanol–water partition coefficient (Wildman–Crippen LogP) is 3.07. The second-order valence-electron chi connectivity index (χ2n) is 3.67. The third-order valence-corrected chi connectivity index (χ3v) is 2.48. The zero-order valence-electron chi connectivity index (χ0n) is 8.86. The minimum absolute atomic E-state index is 0.326. The van der Waals surface area contributed by atoms with E-state index >= 15 is 0 Å². The lowest BCUT2D eigenvalue weighted by atomic mass is 10.0. The van der Waals surface area contributed by atoms with Gasteiger partial charge in [-0.1, -0.05) is 6.07 Å². The summed E-state index contributed by atoms with van der Waals surface area (Å²) in [5, 5.41) is 9.44. The molecule has 0 aliphatic carbocycles. The summed E-state index contributed by atoms with van der Waals surface area (Å²) in [6, 6.07) is 9.50. The van der Waals surface area contributed by atoms with Crippen LogP contribution < -0.4 is 0 Å². The summed E-state index contributed by atoms with van der Waals surface area (Å²) in [5.41, 5.74) is 4.03. The van der Waals surface area contributed by atoms with E-state index in [0.29, 0.717) is 5.75 Å². The van der Waals surface area contributed by atoms with Crippen molar-refractivity contribution in [2.24, 2.45) is 0 Å². The quantitative estimate of drug-likeness (QED) is 0.765. The fourth-order valence-electron chi connectivity index (χ4n) is 1.59. The van der Waals surface area contributed by atoms with Crippen LogP contribution in [-0.2, 0) is 0 Å². The van der Waals surface area contributed by atoms with Crippen molar-refractivity contribution >= 4 is 0 Å². The maximum Gasteiger partial charge on any atom is 0.118 e. The van der Waals surface area contributed by atoms with Crippen LogP contribution in [0, 0.1) is 13.8 Å². The molecule has 0 fully saturated rings. The van der Waals surface area contributed by atoms with Crippen molar-refractivity contribution in [3.63, 3.8) is 0 Å². The van der Waals surface area contributed by atoms with E-state index in [4.69, 9.17) is 0 Å². The number of rotatable bonds is 1. The van der Waals surface area contributed by atoms with Crippen molar-refractivity contribution in [3.8, 4) is 17.0 Å². The fourth-order valence-corrected chi connectivity index (χ4v) is 1.59. The van der Waals surface area contributed by atoms with Crippen LogP contribution in [0.15, 0.2) is 36.5 Å². The van der Waals surface area contributed by atoms with E-state index in [0.717, 1.165) is 22.4 Å². The topological polar surface area (TPSA) is 33.1 Å². The molecule has 0 atom stereocenters. The van der Waals surface area contributed by atoms with E-state index in [2.05, 4.69) is 4.98 Å². The van der Waals surface area contributed by atoms with Gasteiger partial charge in [0.05, 0.1) is 5.69 Å². The van der Waals surface area contributed by atoms with Gasteiger partial charge in [0.15, 0.2) is 0 Å². The summed E-state index contributed by atoms with van der Waals surface area (Å²) in [6.45, 7) is 3.92. The third kappa shape index (κ3) is 1.84. The first-order valence-corrected chi connectivity index (χ1v) is 4.90. The average Bonchev–Trinajstić information content (AvgIpc) is 2.23. The Labute approximate surface area is 89.2 Å². The molecule has 0 saturated heterocycles. The van der Waals surface area contributed by atoms with Crippen LogP contribution in [-0.4, -0.2) is 10.1 Å². The maximum atomic E-state index is 9.44. The summed E-state index contributed by atoms with van der Waals surface area (Å²) >= 11 is 0. The van der Waals surface area contributed by atoms with Crippen LogP contribution in [0.3, 0.4) is 0 Å². The molecule has 0 amide bonds. The first-order chi connectivity index (χ1) is 7.18. The van der Waals surface area contributed by atoms with E-state index in [1.54, 1.807) is 12.3 Å². The number of aromatic hydroxyl groups is 1. The van der Waals surface area contributed by atoms with Gasteiger partial charge >= 0.3 is 0 Å². The number of nitrogens with zero attached hydrogens (tertiary/aromatic N) is 1. The highest BCUT2D eigenvalue weighted by molar-refractivity contribution is 5.64. The molecule has 2 aromatic rings. The van der Waals surface area contributed by atoms with E-state index < -0.39 is 0 Å². The summed E-state index contributed by atoms with van der Waals surface area (Å²) in [5.74, 6) is 0.326. The average molecular weight is 199 g/mol. The second kappa shape index (κ2) is 3.73. The molecule has 0 bridgehead atoms. The van der Waals surface area contributed by atoms with Crippen LogP contribution >= 0.6 is 0 Å². The first kappa shape index (κ1) is 9.71. The Balaban J connectivity index is 2.55. The number of pyridine rings is 1. The number of hydrogen-bond donors (Lipinski definition) is 1. The van der Waals surface area contributed by atoms with Crippen molar-refractivity contribution < 1.29 is 5.11 Å². The lowest BCUT2D eigenvalue weighted by Gasteiger charge is -2.06. The minimum atomic E-state index is 0.326. The summed E-state index contributed by atoms with van der Waals surface area (Å²) < 4.78 is 0. The van der Waals surface area contributed by atoms with Crippen molar-refractivity contribution in [1.29, 1.82) is 0 Å². The molecule has 15 heavy (non-hydrogen) atoms. The molecule has 2 nitrogen and oxygen atoms in total. The number of phenols is 1. The predicted molar refractivity (Wildman–Crippen MR) is 60.8 cm³/mol. The van der Waals surface area contributed by atoms with Crippen molar-refractivity contribution in [2.75, 3.05) is 0 Å². The van der Waals surface area contributed by atoms with Gasteiger partial charge in [-0.15, -0.1) is 0 Å². The molecule has 1 N–H and O–H groups in total. The molecule has 0 aliphatic rings. The molecule has 0 aliphatic heterocycles. The molecule has 1 aromatic carbocycles. The lowest BCUT2D eigenvalue weighted by Crippen LogP contribution is -1.87. The Morgan fingerprint density at radius 1 is 1.07 bits per heavy atom. The highest BCUT2D eigenvalue weighted by Crippen LogP contribution is 2.25.